The lowest BCUT2D eigenvalue weighted by Crippen LogP contribution is -2.14. The first-order valence-corrected chi connectivity index (χ1v) is 39.1. The van der Waals surface area contributed by atoms with E-state index in [1.165, 1.54) is 66.1 Å². The lowest BCUT2D eigenvalue weighted by molar-refractivity contribution is 0.661. The smallest absolute Gasteiger partial charge is 0.165 e. The van der Waals surface area contributed by atoms with Gasteiger partial charge in [0.25, 0.3) is 0 Å². The molecule has 0 spiro atoms. The number of aromatic nitrogens is 12. The normalized spacial score (nSPS) is 12.8. The van der Waals surface area contributed by atoms with E-state index in [9.17, 15) is 0 Å². The molecule has 0 N–H and O–H groups in total. The second kappa shape index (κ2) is 28.0. The van der Waals surface area contributed by atoms with Gasteiger partial charge in [0.15, 0.2) is 34.9 Å². The molecule has 0 saturated heterocycles. The molecule has 0 fully saturated rings. The van der Waals surface area contributed by atoms with E-state index in [1.54, 1.807) is 49.6 Å². The third-order valence-corrected chi connectivity index (χ3v) is 23.2. The van der Waals surface area contributed by atoms with Crippen molar-refractivity contribution in [2.45, 2.75) is 38.5 Å². The van der Waals surface area contributed by atoms with Crippen molar-refractivity contribution in [3.8, 4) is 146 Å². The number of nitrogens with zero attached hydrogens (tertiary/aromatic N) is 12. The van der Waals surface area contributed by atoms with Crippen LogP contribution in [-0.4, -0.2) is 59.0 Å². The minimum Gasteiger partial charge on any atom is -0.308 e. The average molecular weight is 1490 g/mol. The van der Waals surface area contributed by atoms with Crippen LogP contribution in [0.15, 0.2) is 365 Å². The van der Waals surface area contributed by atoms with Crippen molar-refractivity contribution in [2.24, 2.45) is 0 Å². The number of rotatable bonds is 12. The Labute approximate surface area is 670 Å². The number of benzene rings is 12. The number of hydrogen-bond acceptors (Lipinski definition) is 10. The molecular weight excluding hydrogens is 1420 g/mol. The lowest BCUT2D eigenvalue weighted by Gasteiger charge is -2.22. The Morgan fingerprint density at radius 1 is 0.216 bits per heavy atom. The number of fused-ring (bicyclic) bond motifs is 13. The van der Waals surface area contributed by atoms with Crippen molar-refractivity contribution in [3.05, 3.63) is 387 Å². The van der Waals surface area contributed by atoms with E-state index < -0.39 is 0 Å². The minimum absolute atomic E-state index is 0.122. The van der Waals surface area contributed by atoms with Crippen LogP contribution in [0.3, 0.4) is 0 Å². The third-order valence-electron chi connectivity index (χ3n) is 23.2. The Kier molecular flexibility index (Phi) is 16.6. The molecule has 12 aromatic carbocycles. The van der Waals surface area contributed by atoms with E-state index in [4.69, 9.17) is 29.9 Å². The number of pyridine rings is 4. The number of hydrogen-bond donors (Lipinski definition) is 0. The summed E-state index contributed by atoms with van der Waals surface area (Å²) in [5.41, 5.74) is 30.8. The monoisotopic (exact) mass is 1490 g/mol. The predicted octanol–water partition coefficient (Wildman–Crippen LogP) is 24.8. The van der Waals surface area contributed by atoms with Gasteiger partial charge < -0.3 is 9.13 Å². The molecule has 2 aliphatic carbocycles. The minimum atomic E-state index is -0.122. The van der Waals surface area contributed by atoms with Crippen molar-refractivity contribution in [3.63, 3.8) is 0 Å². The zero-order valence-electron chi connectivity index (χ0n) is 64.0. The summed E-state index contributed by atoms with van der Waals surface area (Å²) < 4.78 is 4.98. The van der Waals surface area contributed by atoms with E-state index in [0.717, 1.165) is 111 Å². The highest BCUT2D eigenvalue weighted by Crippen LogP contribution is 2.56. The first-order valence-electron chi connectivity index (χ1n) is 39.1. The topological polar surface area (TPSA) is 139 Å². The predicted molar refractivity (Wildman–Crippen MR) is 469 cm³/mol. The van der Waals surface area contributed by atoms with Crippen molar-refractivity contribution in [1.82, 2.24) is 59.0 Å². The summed E-state index contributed by atoms with van der Waals surface area (Å²) in [5.74, 6) is 3.30. The van der Waals surface area contributed by atoms with Crippen LogP contribution >= 0.6 is 0 Å². The molecule has 548 valence electrons. The molecular formula is C104H72N12. The molecule has 2 aliphatic rings. The first kappa shape index (κ1) is 68.9. The van der Waals surface area contributed by atoms with Gasteiger partial charge in [0.05, 0.1) is 33.4 Å². The molecule has 0 atom stereocenters. The van der Waals surface area contributed by atoms with Gasteiger partial charge in [-0.05, 0) is 170 Å². The molecule has 0 saturated carbocycles. The molecule has 0 bridgehead atoms. The molecule has 8 aromatic heterocycles. The summed E-state index contributed by atoms with van der Waals surface area (Å²) >= 11 is 0. The van der Waals surface area contributed by atoms with Crippen LogP contribution in [0.2, 0.25) is 0 Å². The molecule has 0 unspecified atom stereocenters. The first-order chi connectivity index (χ1) is 57.1. The van der Waals surface area contributed by atoms with Crippen LogP contribution in [0.1, 0.15) is 49.9 Å². The van der Waals surface area contributed by atoms with E-state index in [1.807, 2.05) is 48.5 Å². The SMILES string of the molecule is CC1(C)c2ccccc2-c2c1ccc1c2c2ccccc2n1-c1c(-c2ccccc2)cc(-c2nc(-c3cccnc3)nc(-c3cccnc3)n2)cc1-c1ccccc1.CC1(C)c2ccccc2-c2cc3c(cc21)c1ccccc1n3-c1c(-c2ccccc2)cc(-c2nc(-c3cccnc3)nc(-c3cccnc3)n2)cc1-c1ccccc1. The fourth-order valence-corrected chi connectivity index (χ4v) is 17.8. The fourth-order valence-electron chi connectivity index (χ4n) is 17.8. The maximum Gasteiger partial charge on any atom is 0.165 e. The maximum atomic E-state index is 5.15. The van der Waals surface area contributed by atoms with Crippen molar-refractivity contribution in [2.75, 3.05) is 0 Å². The Hall–Kier alpha value is -15.1. The van der Waals surface area contributed by atoms with Gasteiger partial charge in [-0.3, -0.25) is 19.9 Å². The van der Waals surface area contributed by atoms with Gasteiger partial charge in [-0.1, -0.05) is 240 Å². The molecule has 12 nitrogen and oxygen atoms in total. The zero-order chi connectivity index (χ0) is 77.6. The van der Waals surface area contributed by atoms with Gasteiger partial charge in [-0.2, -0.15) is 0 Å². The molecule has 12 heteroatoms. The summed E-state index contributed by atoms with van der Waals surface area (Å²) in [5, 5.41) is 4.95. The van der Waals surface area contributed by atoms with Gasteiger partial charge in [0.1, 0.15) is 0 Å². The quantitative estimate of drug-likeness (QED) is 0.116. The van der Waals surface area contributed by atoms with Crippen molar-refractivity contribution in [1.29, 1.82) is 0 Å². The van der Waals surface area contributed by atoms with Gasteiger partial charge in [-0.15, -0.1) is 0 Å². The molecule has 116 heavy (non-hydrogen) atoms. The van der Waals surface area contributed by atoms with Crippen LogP contribution < -0.4 is 0 Å². The van der Waals surface area contributed by atoms with E-state index in [-0.39, 0.29) is 10.8 Å². The van der Waals surface area contributed by atoms with Crippen LogP contribution in [0.5, 0.6) is 0 Å². The zero-order valence-corrected chi connectivity index (χ0v) is 64.0. The fraction of sp³-hybridized carbons (Fsp3) is 0.0577. The summed E-state index contributed by atoms with van der Waals surface area (Å²) in [4.78, 5) is 48.0. The summed E-state index contributed by atoms with van der Waals surface area (Å²) in [7, 11) is 0. The lowest BCUT2D eigenvalue weighted by atomic mass is 9.82. The average Bonchev–Trinajstić information content (AvgIpc) is 1.63. The summed E-state index contributed by atoms with van der Waals surface area (Å²) in [6.07, 6.45) is 14.2. The molecule has 22 rings (SSSR count). The number of para-hydroxylation sites is 2. The molecule has 20 aromatic rings. The molecule has 0 amide bonds. The van der Waals surface area contributed by atoms with Crippen LogP contribution in [-0.2, 0) is 10.8 Å². The van der Waals surface area contributed by atoms with Crippen LogP contribution in [0.25, 0.3) is 190 Å². The Morgan fingerprint density at radius 3 is 0.974 bits per heavy atom. The molecule has 0 radical (unpaired) electrons. The Bertz CT molecular complexity index is 6710. The van der Waals surface area contributed by atoms with E-state index in [2.05, 4.69) is 324 Å². The highest BCUT2D eigenvalue weighted by Gasteiger charge is 2.39. The highest BCUT2D eigenvalue weighted by atomic mass is 15.1. The largest absolute Gasteiger partial charge is 0.308 e. The molecule has 0 aliphatic heterocycles. The Balaban J connectivity index is 0.000000145. The van der Waals surface area contributed by atoms with Gasteiger partial charge in [0, 0.05) is 138 Å². The van der Waals surface area contributed by atoms with Crippen molar-refractivity contribution < 1.29 is 0 Å². The van der Waals surface area contributed by atoms with Crippen LogP contribution in [0.4, 0.5) is 0 Å². The second-order valence-corrected chi connectivity index (χ2v) is 30.7. The summed E-state index contributed by atoms with van der Waals surface area (Å²) in [6, 6.07) is 112. The Morgan fingerprint density at radius 2 is 0.552 bits per heavy atom. The van der Waals surface area contributed by atoms with Crippen molar-refractivity contribution >= 4 is 43.6 Å². The van der Waals surface area contributed by atoms with Crippen LogP contribution in [0, 0.1) is 0 Å². The standard InChI is InChI=1S/2C52H36N6/c1-52(2)42-23-11-9-21-38(42)46-43(52)25-26-45-47(46)39-22-10-12-24-44(39)58(45)48-40(33-15-5-3-6-16-33)29-37(30-41(48)34-17-7-4-8-18-34)51-56-49(35-19-13-27-53-31-35)55-50(57-51)36-20-14-28-54-32-36;1-52(2)44-23-11-9-21-38(44)42-30-47-43(29-45(42)52)39-22-10-12-24-46(39)58(47)48-40(33-15-5-3-6-16-33)27-37(28-41(48)34-17-7-4-8-18-34)51-56-49(35-19-13-25-53-31-35)55-50(57-51)36-20-14-26-54-32-36/h2*3-32H,1-2H3. The van der Waals surface area contributed by atoms with E-state index in [0.29, 0.717) is 34.9 Å². The maximum absolute atomic E-state index is 5.15. The third kappa shape index (κ3) is 11.6. The van der Waals surface area contributed by atoms with Gasteiger partial charge in [-0.25, -0.2) is 29.9 Å². The second-order valence-electron chi connectivity index (χ2n) is 30.7. The molecule has 8 heterocycles. The van der Waals surface area contributed by atoms with Gasteiger partial charge in [0.2, 0.25) is 0 Å². The van der Waals surface area contributed by atoms with E-state index >= 15 is 0 Å². The summed E-state index contributed by atoms with van der Waals surface area (Å²) in [6.45, 7) is 9.40. The highest BCUT2D eigenvalue weighted by molar-refractivity contribution is 6.19. The van der Waals surface area contributed by atoms with Gasteiger partial charge >= 0.3 is 0 Å².